The highest BCUT2D eigenvalue weighted by Gasteiger charge is 2.54. The summed E-state index contributed by atoms with van der Waals surface area (Å²) >= 11 is 0. The molecule has 0 unspecified atom stereocenters. The molecule has 0 spiro atoms. The Hall–Kier alpha value is -1.51. The number of carbonyl (C=O) groups is 1. The molecule has 2 fully saturated rings. The van der Waals surface area contributed by atoms with E-state index in [1.807, 2.05) is 11.8 Å². The Morgan fingerprint density at radius 2 is 2.13 bits per heavy atom. The van der Waals surface area contributed by atoms with Crippen LogP contribution in [0.2, 0.25) is 0 Å². The van der Waals surface area contributed by atoms with E-state index in [-0.39, 0.29) is 17.6 Å². The maximum atomic E-state index is 12.4. The number of ether oxygens (including phenoxy) is 1. The number of likely N-dealkylation sites (tertiary alicyclic amines) is 1. The molecular weight excluding hydrogens is 286 g/mol. The molecule has 3 nitrogen and oxygen atoms in total. The first-order chi connectivity index (χ1) is 11.0. The minimum atomic E-state index is -0.140. The standard InChI is InChI=1S/C20H29NO2/c1-5-23-19(22)21-13-20(11-7-6-8-17(20)16(21)4)18-12-14(2)9-10-15(18)3/h9-10,12,16-17H,5-8,11,13H2,1-4H3/t16-,17+,20-/m0/s1. The quantitative estimate of drug-likeness (QED) is 0.798. The van der Waals surface area contributed by atoms with Crippen LogP contribution in [0.4, 0.5) is 4.79 Å². The first-order valence-corrected chi connectivity index (χ1v) is 9.00. The summed E-state index contributed by atoms with van der Waals surface area (Å²) in [6, 6.07) is 7.04. The number of amides is 1. The molecule has 0 radical (unpaired) electrons. The van der Waals surface area contributed by atoms with E-state index in [0.717, 1.165) is 6.54 Å². The highest BCUT2D eigenvalue weighted by atomic mass is 16.6. The van der Waals surface area contributed by atoms with E-state index in [2.05, 4.69) is 39.0 Å². The van der Waals surface area contributed by atoms with E-state index in [0.29, 0.717) is 12.5 Å². The second-order valence-corrected chi connectivity index (χ2v) is 7.39. The maximum Gasteiger partial charge on any atom is 0.410 e. The van der Waals surface area contributed by atoms with Gasteiger partial charge in [-0.05, 0) is 57.6 Å². The predicted molar refractivity (Wildman–Crippen MR) is 92.7 cm³/mol. The zero-order valence-electron chi connectivity index (χ0n) is 14.9. The summed E-state index contributed by atoms with van der Waals surface area (Å²) in [4.78, 5) is 14.4. The highest BCUT2D eigenvalue weighted by Crippen LogP contribution is 2.52. The van der Waals surface area contributed by atoms with E-state index >= 15 is 0 Å². The van der Waals surface area contributed by atoms with Crippen molar-refractivity contribution in [2.45, 2.75) is 64.8 Å². The second-order valence-electron chi connectivity index (χ2n) is 7.39. The van der Waals surface area contributed by atoms with Gasteiger partial charge in [0.05, 0.1) is 6.61 Å². The van der Waals surface area contributed by atoms with E-state index in [1.165, 1.54) is 42.4 Å². The summed E-state index contributed by atoms with van der Waals surface area (Å²) in [5.74, 6) is 0.543. The van der Waals surface area contributed by atoms with Crippen LogP contribution in [-0.2, 0) is 10.2 Å². The molecule has 3 rings (SSSR count). The normalized spacial score (nSPS) is 30.2. The molecule has 2 aliphatic rings. The number of benzene rings is 1. The lowest BCUT2D eigenvalue weighted by Crippen LogP contribution is -2.39. The fourth-order valence-electron chi connectivity index (χ4n) is 4.96. The Bertz CT molecular complexity index is 597. The molecule has 1 aliphatic carbocycles. The summed E-state index contributed by atoms with van der Waals surface area (Å²) in [6.45, 7) is 9.73. The van der Waals surface area contributed by atoms with Crippen molar-refractivity contribution in [2.24, 2.45) is 5.92 Å². The number of aryl methyl sites for hydroxylation is 2. The number of fused-ring (bicyclic) bond motifs is 1. The lowest BCUT2D eigenvalue weighted by atomic mass is 9.62. The van der Waals surface area contributed by atoms with Crippen LogP contribution in [0.3, 0.4) is 0 Å². The molecule has 3 heteroatoms. The molecule has 23 heavy (non-hydrogen) atoms. The van der Waals surface area contributed by atoms with E-state index in [1.54, 1.807) is 0 Å². The van der Waals surface area contributed by atoms with Gasteiger partial charge in [0, 0.05) is 18.0 Å². The smallest absolute Gasteiger partial charge is 0.410 e. The van der Waals surface area contributed by atoms with Crippen molar-refractivity contribution in [1.29, 1.82) is 0 Å². The molecule has 0 aromatic heterocycles. The number of hydrogen-bond donors (Lipinski definition) is 0. The fraction of sp³-hybridized carbons (Fsp3) is 0.650. The van der Waals surface area contributed by atoms with Gasteiger partial charge in [-0.15, -0.1) is 0 Å². The third-order valence-corrected chi connectivity index (χ3v) is 6.06. The van der Waals surface area contributed by atoms with Gasteiger partial charge in [0.15, 0.2) is 0 Å². The van der Waals surface area contributed by atoms with Crippen molar-refractivity contribution in [1.82, 2.24) is 4.90 Å². The molecule has 126 valence electrons. The molecule has 3 atom stereocenters. The Balaban J connectivity index is 2.03. The summed E-state index contributed by atoms with van der Waals surface area (Å²) < 4.78 is 5.32. The first-order valence-electron chi connectivity index (χ1n) is 9.00. The molecule has 0 N–H and O–H groups in total. The lowest BCUT2D eigenvalue weighted by Gasteiger charge is -2.41. The molecule has 1 aromatic carbocycles. The molecule has 1 aliphatic heterocycles. The number of carbonyl (C=O) groups excluding carboxylic acids is 1. The number of rotatable bonds is 2. The third kappa shape index (κ3) is 2.64. The average Bonchev–Trinajstić information content (AvgIpc) is 2.85. The molecular formula is C20H29NO2. The molecule has 1 amide bonds. The first kappa shape index (κ1) is 16.4. The van der Waals surface area contributed by atoms with Gasteiger partial charge in [-0.1, -0.05) is 36.6 Å². The Morgan fingerprint density at radius 3 is 2.87 bits per heavy atom. The van der Waals surface area contributed by atoms with Crippen molar-refractivity contribution in [2.75, 3.05) is 13.2 Å². The number of hydrogen-bond acceptors (Lipinski definition) is 2. The number of nitrogens with zero attached hydrogens (tertiary/aromatic N) is 1. The summed E-state index contributed by atoms with van der Waals surface area (Å²) in [5.41, 5.74) is 4.24. The van der Waals surface area contributed by atoms with E-state index in [4.69, 9.17) is 4.74 Å². The molecule has 1 aromatic rings. The maximum absolute atomic E-state index is 12.4. The molecule has 1 saturated carbocycles. The largest absolute Gasteiger partial charge is 0.450 e. The van der Waals surface area contributed by atoms with Crippen molar-refractivity contribution in [3.63, 3.8) is 0 Å². The second kappa shape index (κ2) is 6.18. The zero-order valence-corrected chi connectivity index (χ0v) is 14.9. The molecule has 0 bridgehead atoms. The zero-order chi connectivity index (χ0) is 16.6. The Labute approximate surface area is 140 Å². The summed E-state index contributed by atoms with van der Waals surface area (Å²) in [6.07, 6.45) is 4.79. The van der Waals surface area contributed by atoms with Crippen LogP contribution in [0.25, 0.3) is 0 Å². The van der Waals surface area contributed by atoms with Crippen LogP contribution in [-0.4, -0.2) is 30.2 Å². The topological polar surface area (TPSA) is 29.5 Å². The van der Waals surface area contributed by atoms with Crippen LogP contribution in [0.15, 0.2) is 18.2 Å². The van der Waals surface area contributed by atoms with Crippen LogP contribution >= 0.6 is 0 Å². The van der Waals surface area contributed by atoms with Gasteiger partial charge in [0.2, 0.25) is 0 Å². The third-order valence-electron chi connectivity index (χ3n) is 6.06. The fourth-order valence-corrected chi connectivity index (χ4v) is 4.96. The monoisotopic (exact) mass is 315 g/mol. The summed E-state index contributed by atoms with van der Waals surface area (Å²) in [5, 5.41) is 0. The van der Waals surface area contributed by atoms with Gasteiger partial charge in [-0.25, -0.2) is 4.79 Å². The van der Waals surface area contributed by atoms with Gasteiger partial charge < -0.3 is 9.64 Å². The molecule has 1 saturated heterocycles. The van der Waals surface area contributed by atoms with Crippen LogP contribution in [0, 0.1) is 19.8 Å². The minimum absolute atomic E-state index is 0.112. The predicted octanol–water partition coefficient (Wildman–Crippen LogP) is 4.59. The van der Waals surface area contributed by atoms with Gasteiger partial charge >= 0.3 is 6.09 Å². The van der Waals surface area contributed by atoms with Gasteiger partial charge in [-0.2, -0.15) is 0 Å². The van der Waals surface area contributed by atoms with Gasteiger partial charge in [0.1, 0.15) is 0 Å². The van der Waals surface area contributed by atoms with E-state index < -0.39 is 0 Å². The van der Waals surface area contributed by atoms with Crippen LogP contribution in [0.1, 0.15) is 56.2 Å². The summed E-state index contributed by atoms with van der Waals surface area (Å²) in [7, 11) is 0. The van der Waals surface area contributed by atoms with Crippen LogP contribution < -0.4 is 0 Å². The lowest BCUT2D eigenvalue weighted by molar-refractivity contribution is 0.101. The van der Waals surface area contributed by atoms with Gasteiger partial charge in [-0.3, -0.25) is 0 Å². The SMILES string of the molecule is CCOC(=O)N1C[C@@]2(c3cc(C)ccc3C)CCCC[C@@H]2[C@@H]1C. The average molecular weight is 315 g/mol. The Morgan fingerprint density at radius 1 is 1.35 bits per heavy atom. The molecule has 1 heterocycles. The highest BCUT2D eigenvalue weighted by molar-refractivity contribution is 5.69. The van der Waals surface area contributed by atoms with Gasteiger partial charge in [0.25, 0.3) is 0 Å². The minimum Gasteiger partial charge on any atom is -0.450 e. The Kier molecular flexibility index (Phi) is 4.39. The van der Waals surface area contributed by atoms with Crippen LogP contribution in [0.5, 0.6) is 0 Å². The van der Waals surface area contributed by atoms with Crippen molar-refractivity contribution in [3.8, 4) is 0 Å². The van der Waals surface area contributed by atoms with E-state index in [9.17, 15) is 4.79 Å². The van der Waals surface area contributed by atoms with Crippen molar-refractivity contribution < 1.29 is 9.53 Å². The van der Waals surface area contributed by atoms with Crippen molar-refractivity contribution in [3.05, 3.63) is 34.9 Å². The van der Waals surface area contributed by atoms with Crippen molar-refractivity contribution >= 4 is 6.09 Å².